The molecule has 1 fully saturated rings. The fourth-order valence-corrected chi connectivity index (χ4v) is 4.83. The lowest BCUT2D eigenvalue weighted by molar-refractivity contribution is -0.0828. The van der Waals surface area contributed by atoms with Crippen molar-refractivity contribution in [2.45, 2.75) is 50.2 Å². The summed E-state index contributed by atoms with van der Waals surface area (Å²) < 4.78 is 0. The maximum atomic E-state index is 11.7. The van der Waals surface area contributed by atoms with E-state index in [2.05, 4.69) is 49.3 Å². The van der Waals surface area contributed by atoms with Gasteiger partial charge in [-0.1, -0.05) is 73.0 Å². The van der Waals surface area contributed by atoms with Crippen molar-refractivity contribution >= 4 is 11.6 Å². The van der Waals surface area contributed by atoms with E-state index in [-0.39, 0.29) is 12.0 Å². The highest BCUT2D eigenvalue weighted by Gasteiger charge is 2.44. The molecule has 0 aromatic heterocycles. The Morgan fingerprint density at radius 2 is 1.77 bits per heavy atom. The van der Waals surface area contributed by atoms with Gasteiger partial charge >= 0.3 is 0 Å². The molecule has 3 unspecified atom stereocenters. The Hall–Kier alpha value is -1.35. The molecule has 1 aliphatic rings. The molecule has 140 valence electrons. The summed E-state index contributed by atoms with van der Waals surface area (Å²) in [6, 6.07) is 18.7. The molecule has 26 heavy (non-hydrogen) atoms. The largest absolute Gasteiger partial charge is 0.390 e. The predicted octanol–water partition coefficient (Wildman–Crippen LogP) is 5.50. The van der Waals surface area contributed by atoms with Crippen molar-refractivity contribution in [1.29, 1.82) is 0 Å². The van der Waals surface area contributed by atoms with E-state index in [0.717, 1.165) is 42.7 Å². The minimum absolute atomic E-state index is 0.129. The summed E-state index contributed by atoms with van der Waals surface area (Å²) in [7, 11) is 4.19. The molecule has 1 saturated carbocycles. The number of benzene rings is 2. The van der Waals surface area contributed by atoms with Crippen LogP contribution < -0.4 is 0 Å². The van der Waals surface area contributed by atoms with Gasteiger partial charge in [0.15, 0.2) is 0 Å². The summed E-state index contributed by atoms with van der Waals surface area (Å²) in [5.41, 5.74) is 1.77. The van der Waals surface area contributed by atoms with Crippen LogP contribution in [-0.2, 0) is 6.42 Å². The number of halogens is 1. The molecule has 1 aliphatic carbocycles. The van der Waals surface area contributed by atoms with E-state index < -0.39 is 5.60 Å². The SMILES string of the molecule is CN(C)C(c1ccccc1Cl)C1CCCCC1(O)CCc1ccccc1. The van der Waals surface area contributed by atoms with Gasteiger partial charge in [0, 0.05) is 17.0 Å². The first-order valence-electron chi connectivity index (χ1n) is 9.68. The molecule has 0 bridgehead atoms. The summed E-state index contributed by atoms with van der Waals surface area (Å²) in [6.07, 6.45) is 5.91. The fraction of sp³-hybridized carbons (Fsp3) is 0.478. The fourth-order valence-electron chi connectivity index (χ4n) is 4.59. The van der Waals surface area contributed by atoms with Crippen LogP contribution in [0.2, 0.25) is 5.02 Å². The van der Waals surface area contributed by atoms with Gasteiger partial charge in [0.2, 0.25) is 0 Å². The third-order valence-corrected chi connectivity index (χ3v) is 6.26. The van der Waals surface area contributed by atoms with Gasteiger partial charge in [-0.25, -0.2) is 0 Å². The average molecular weight is 372 g/mol. The Morgan fingerprint density at radius 3 is 2.46 bits per heavy atom. The first kappa shape index (κ1) is 19.4. The monoisotopic (exact) mass is 371 g/mol. The van der Waals surface area contributed by atoms with E-state index in [1.165, 1.54) is 12.0 Å². The Labute approximate surface area is 162 Å². The second-order valence-electron chi connectivity index (χ2n) is 7.87. The summed E-state index contributed by atoms with van der Waals surface area (Å²) in [4.78, 5) is 2.23. The zero-order valence-electron chi connectivity index (χ0n) is 15.9. The van der Waals surface area contributed by atoms with Crippen molar-refractivity contribution in [3.05, 3.63) is 70.7 Å². The maximum absolute atomic E-state index is 11.7. The molecule has 2 aromatic carbocycles. The Kier molecular flexibility index (Phi) is 6.39. The smallest absolute Gasteiger partial charge is 0.0697 e. The second kappa shape index (κ2) is 8.56. The minimum Gasteiger partial charge on any atom is -0.390 e. The van der Waals surface area contributed by atoms with Gasteiger partial charge in [0.05, 0.1) is 5.60 Å². The zero-order valence-corrected chi connectivity index (χ0v) is 16.6. The molecule has 3 rings (SSSR count). The van der Waals surface area contributed by atoms with Crippen molar-refractivity contribution in [3.63, 3.8) is 0 Å². The van der Waals surface area contributed by atoms with Crippen LogP contribution in [0, 0.1) is 5.92 Å². The molecule has 0 aliphatic heterocycles. The first-order valence-corrected chi connectivity index (χ1v) is 10.1. The third-order valence-electron chi connectivity index (χ3n) is 5.92. The molecule has 0 radical (unpaired) electrons. The van der Waals surface area contributed by atoms with Crippen LogP contribution in [0.25, 0.3) is 0 Å². The number of hydrogen-bond acceptors (Lipinski definition) is 2. The standard InChI is InChI=1S/C23H30ClNO/c1-25(2)22(19-12-6-7-14-21(19)24)20-13-8-9-16-23(20,26)17-15-18-10-4-3-5-11-18/h3-7,10-12,14,20,22,26H,8-9,13,15-17H2,1-2H3. The quantitative estimate of drug-likeness (QED) is 0.725. The molecule has 1 N–H and O–H groups in total. The van der Waals surface area contributed by atoms with Crippen LogP contribution >= 0.6 is 11.6 Å². The molecular weight excluding hydrogens is 342 g/mol. The molecule has 3 heteroatoms. The van der Waals surface area contributed by atoms with Crippen molar-refractivity contribution in [2.75, 3.05) is 14.1 Å². The lowest BCUT2D eigenvalue weighted by atomic mass is 9.67. The van der Waals surface area contributed by atoms with Gasteiger partial charge in [-0.15, -0.1) is 0 Å². The zero-order chi connectivity index (χ0) is 18.6. The number of hydrogen-bond donors (Lipinski definition) is 1. The lowest BCUT2D eigenvalue weighted by Crippen LogP contribution is -2.47. The number of rotatable bonds is 6. The molecule has 0 spiro atoms. The Morgan fingerprint density at radius 1 is 1.08 bits per heavy atom. The van der Waals surface area contributed by atoms with E-state index in [4.69, 9.17) is 11.6 Å². The average Bonchev–Trinajstić information content (AvgIpc) is 2.64. The van der Waals surface area contributed by atoms with Gasteiger partial charge in [-0.3, -0.25) is 0 Å². The van der Waals surface area contributed by atoms with E-state index in [0.29, 0.717) is 0 Å². The molecular formula is C23H30ClNO. The van der Waals surface area contributed by atoms with Gasteiger partial charge < -0.3 is 10.0 Å². The van der Waals surface area contributed by atoms with Gasteiger partial charge in [-0.05, 0) is 57.0 Å². The van der Waals surface area contributed by atoms with Crippen LogP contribution in [0.4, 0.5) is 0 Å². The summed E-state index contributed by atoms with van der Waals surface area (Å²) in [6.45, 7) is 0. The van der Waals surface area contributed by atoms with Crippen LogP contribution in [0.5, 0.6) is 0 Å². The van der Waals surface area contributed by atoms with Gasteiger partial charge in [0.25, 0.3) is 0 Å². The number of aliphatic hydroxyl groups is 1. The van der Waals surface area contributed by atoms with Crippen LogP contribution in [0.15, 0.2) is 54.6 Å². The molecule has 3 atom stereocenters. The second-order valence-corrected chi connectivity index (χ2v) is 8.28. The topological polar surface area (TPSA) is 23.5 Å². The number of nitrogens with zero attached hydrogens (tertiary/aromatic N) is 1. The maximum Gasteiger partial charge on any atom is 0.0697 e. The summed E-state index contributed by atoms with van der Waals surface area (Å²) >= 11 is 6.54. The number of aryl methyl sites for hydroxylation is 1. The summed E-state index contributed by atoms with van der Waals surface area (Å²) in [5, 5.41) is 12.5. The molecule has 0 saturated heterocycles. The van der Waals surface area contributed by atoms with E-state index >= 15 is 0 Å². The van der Waals surface area contributed by atoms with Crippen molar-refractivity contribution in [2.24, 2.45) is 5.92 Å². The van der Waals surface area contributed by atoms with E-state index in [9.17, 15) is 5.11 Å². The van der Waals surface area contributed by atoms with Gasteiger partial charge in [-0.2, -0.15) is 0 Å². The normalized spacial score (nSPS) is 24.6. The molecule has 0 amide bonds. The highest BCUT2D eigenvalue weighted by Crippen LogP contribution is 2.46. The van der Waals surface area contributed by atoms with Crippen molar-refractivity contribution in [1.82, 2.24) is 4.90 Å². The minimum atomic E-state index is -0.651. The van der Waals surface area contributed by atoms with Crippen LogP contribution in [0.3, 0.4) is 0 Å². The molecule has 0 heterocycles. The highest BCUT2D eigenvalue weighted by molar-refractivity contribution is 6.31. The highest BCUT2D eigenvalue weighted by atomic mass is 35.5. The van der Waals surface area contributed by atoms with Gasteiger partial charge in [0.1, 0.15) is 0 Å². The Bertz CT molecular complexity index is 702. The third kappa shape index (κ3) is 4.31. The van der Waals surface area contributed by atoms with Crippen molar-refractivity contribution in [3.8, 4) is 0 Å². The van der Waals surface area contributed by atoms with Crippen molar-refractivity contribution < 1.29 is 5.11 Å². The Balaban J connectivity index is 1.87. The predicted molar refractivity (Wildman–Crippen MR) is 110 cm³/mol. The van der Waals surface area contributed by atoms with Crippen LogP contribution in [-0.4, -0.2) is 29.7 Å². The van der Waals surface area contributed by atoms with E-state index in [1.54, 1.807) is 0 Å². The van der Waals surface area contributed by atoms with E-state index in [1.807, 2.05) is 24.3 Å². The molecule has 2 nitrogen and oxygen atoms in total. The summed E-state index contributed by atoms with van der Waals surface area (Å²) in [5.74, 6) is 0.190. The first-order chi connectivity index (χ1) is 12.5. The lowest BCUT2D eigenvalue weighted by Gasteiger charge is -2.46. The van der Waals surface area contributed by atoms with Crippen LogP contribution in [0.1, 0.15) is 49.3 Å². The molecule has 2 aromatic rings.